The minimum absolute atomic E-state index is 0.00315. The van der Waals surface area contributed by atoms with Crippen LogP contribution in [0.25, 0.3) is 11.0 Å². The fourth-order valence-corrected chi connectivity index (χ4v) is 2.51. The van der Waals surface area contributed by atoms with Crippen molar-refractivity contribution in [2.45, 2.75) is 25.3 Å². The molecule has 5 heteroatoms. The number of carbonyl (C=O) groups excluding carboxylic acids is 1. The van der Waals surface area contributed by atoms with Gasteiger partial charge in [-0.1, -0.05) is 0 Å². The zero-order valence-corrected chi connectivity index (χ0v) is 10.8. The minimum atomic E-state index is 0.00315. The number of nitrogens with zero attached hydrogens (tertiary/aromatic N) is 1. The van der Waals surface area contributed by atoms with Crippen molar-refractivity contribution in [2.75, 3.05) is 13.1 Å². The third kappa shape index (κ3) is 2.76. The maximum atomic E-state index is 12.2. The zero-order valence-electron chi connectivity index (χ0n) is 10.8. The molecular weight excluding hydrogens is 240 g/mol. The molecule has 0 spiro atoms. The number of amides is 1. The van der Waals surface area contributed by atoms with Crippen LogP contribution in [0.2, 0.25) is 0 Å². The van der Waals surface area contributed by atoms with Crippen LogP contribution >= 0.6 is 0 Å². The number of carbonyl (C=O) groups is 1. The number of nitrogens with one attached hydrogen (secondary N) is 3. The number of hydrogen-bond acceptors (Lipinski definition) is 3. The standard InChI is InChI=1S/C14H18N4O/c19-14(18-11-2-1-6-15-7-5-11)10-3-4-12-13(8-10)17-9-16-12/h3-4,8-9,11,15H,1-2,5-7H2,(H,16,17)(H,18,19). The van der Waals surface area contributed by atoms with Gasteiger partial charge < -0.3 is 15.6 Å². The van der Waals surface area contributed by atoms with Gasteiger partial charge in [-0.25, -0.2) is 4.98 Å². The Bertz CT molecular complexity index is 570. The highest BCUT2D eigenvalue weighted by Gasteiger charge is 2.15. The van der Waals surface area contributed by atoms with E-state index in [0.29, 0.717) is 5.56 Å². The van der Waals surface area contributed by atoms with Gasteiger partial charge in [0, 0.05) is 11.6 Å². The lowest BCUT2D eigenvalue weighted by Gasteiger charge is -2.15. The topological polar surface area (TPSA) is 69.8 Å². The summed E-state index contributed by atoms with van der Waals surface area (Å²) in [7, 11) is 0. The lowest BCUT2D eigenvalue weighted by Crippen LogP contribution is -2.35. The van der Waals surface area contributed by atoms with Crippen LogP contribution in [0.1, 0.15) is 29.6 Å². The van der Waals surface area contributed by atoms with Gasteiger partial charge in [0.15, 0.2) is 0 Å². The first-order valence-electron chi connectivity index (χ1n) is 6.77. The number of hydrogen-bond donors (Lipinski definition) is 3. The predicted octanol–water partition coefficient (Wildman–Crippen LogP) is 1.43. The molecule has 1 aromatic carbocycles. The molecule has 2 heterocycles. The molecule has 1 atom stereocenters. The van der Waals surface area contributed by atoms with E-state index in [9.17, 15) is 4.79 Å². The number of rotatable bonds is 2. The molecule has 1 aliphatic rings. The molecule has 0 aliphatic carbocycles. The lowest BCUT2D eigenvalue weighted by molar-refractivity contribution is 0.0934. The van der Waals surface area contributed by atoms with Crippen molar-refractivity contribution >= 4 is 16.9 Å². The molecule has 5 nitrogen and oxygen atoms in total. The van der Waals surface area contributed by atoms with E-state index in [-0.39, 0.29) is 11.9 Å². The number of aromatic amines is 1. The second-order valence-electron chi connectivity index (χ2n) is 4.99. The summed E-state index contributed by atoms with van der Waals surface area (Å²) in [6, 6.07) is 5.83. The molecular formula is C14H18N4O. The van der Waals surface area contributed by atoms with E-state index in [2.05, 4.69) is 20.6 Å². The summed E-state index contributed by atoms with van der Waals surface area (Å²) in [5.41, 5.74) is 2.47. The van der Waals surface area contributed by atoms with Gasteiger partial charge in [-0.2, -0.15) is 0 Å². The van der Waals surface area contributed by atoms with Gasteiger partial charge in [-0.15, -0.1) is 0 Å². The normalized spacial score (nSPS) is 20.1. The summed E-state index contributed by atoms with van der Waals surface area (Å²) in [5, 5.41) is 6.47. The van der Waals surface area contributed by atoms with Crippen LogP contribution in [-0.2, 0) is 0 Å². The van der Waals surface area contributed by atoms with Crippen LogP contribution < -0.4 is 10.6 Å². The van der Waals surface area contributed by atoms with Crippen LogP contribution in [0.4, 0.5) is 0 Å². The van der Waals surface area contributed by atoms with Gasteiger partial charge in [0.25, 0.3) is 5.91 Å². The minimum Gasteiger partial charge on any atom is -0.349 e. The van der Waals surface area contributed by atoms with E-state index in [1.54, 1.807) is 6.33 Å². The monoisotopic (exact) mass is 258 g/mol. The molecule has 3 N–H and O–H groups in total. The largest absolute Gasteiger partial charge is 0.349 e. The van der Waals surface area contributed by atoms with E-state index in [0.717, 1.165) is 43.4 Å². The van der Waals surface area contributed by atoms with Gasteiger partial charge in [0.2, 0.25) is 0 Å². The third-order valence-corrected chi connectivity index (χ3v) is 3.59. The van der Waals surface area contributed by atoms with Crippen LogP contribution in [-0.4, -0.2) is 35.0 Å². The van der Waals surface area contributed by atoms with Crippen LogP contribution in [0.5, 0.6) is 0 Å². The van der Waals surface area contributed by atoms with Crippen molar-refractivity contribution in [2.24, 2.45) is 0 Å². The average molecular weight is 258 g/mol. The Morgan fingerprint density at radius 1 is 1.32 bits per heavy atom. The Hall–Kier alpha value is -1.88. The van der Waals surface area contributed by atoms with E-state index in [1.807, 2.05) is 18.2 Å². The summed E-state index contributed by atoms with van der Waals surface area (Å²) in [6.07, 6.45) is 4.80. The molecule has 19 heavy (non-hydrogen) atoms. The molecule has 1 aliphatic heterocycles. The first kappa shape index (κ1) is 12.2. The van der Waals surface area contributed by atoms with E-state index in [4.69, 9.17) is 0 Å². The summed E-state index contributed by atoms with van der Waals surface area (Å²) >= 11 is 0. The van der Waals surface area contributed by atoms with Crippen LogP contribution in [0.3, 0.4) is 0 Å². The number of benzene rings is 1. The Morgan fingerprint density at radius 2 is 2.26 bits per heavy atom. The summed E-state index contributed by atoms with van der Waals surface area (Å²) in [4.78, 5) is 19.4. The number of aromatic nitrogens is 2. The quantitative estimate of drug-likeness (QED) is 0.763. The molecule has 0 saturated carbocycles. The molecule has 3 rings (SSSR count). The van der Waals surface area contributed by atoms with Crippen molar-refractivity contribution in [3.05, 3.63) is 30.1 Å². The van der Waals surface area contributed by atoms with Gasteiger partial charge in [0.05, 0.1) is 17.4 Å². The Balaban J connectivity index is 1.71. The van der Waals surface area contributed by atoms with Crippen molar-refractivity contribution < 1.29 is 4.79 Å². The van der Waals surface area contributed by atoms with Gasteiger partial charge >= 0.3 is 0 Å². The number of fused-ring (bicyclic) bond motifs is 1. The van der Waals surface area contributed by atoms with E-state index < -0.39 is 0 Å². The van der Waals surface area contributed by atoms with E-state index >= 15 is 0 Å². The summed E-state index contributed by atoms with van der Waals surface area (Å²) in [5.74, 6) is 0.00315. The first-order valence-corrected chi connectivity index (χ1v) is 6.77. The number of H-pyrrole nitrogens is 1. The molecule has 1 aromatic heterocycles. The second kappa shape index (κ2) is 5.40. The maximum Gasteiger partial charge on any atom is 0.251 e. The molecule has 0 radical (unpaired) electrons. The highest BCUT2D eigenvalue weighted by molar-refractivity contribution is 5.97. The average Bonchev–Trinajstić information content (AvgIpc) is 2.75. The molecule has 100 valence electrons. The summed E-state index contributed by atoms with van der Waals surface area (Å²) in [6.45, 7) is 2.02. The Morgan fingerprint density at radius 3 is 3.21 bits per heavy atom. The molecule has 1 fully saturated rings. The Labute approximate surface area is 111 Å². The van der Waals surface area contributed by atoms with Crippen molar-refractivity contribution in [3.8, 4) is 0 Å². The maximum absolute atomic E-state index is 12.2. The highest BCUT2D eigenvalue weighted by atomic mass is 16.1. The van der Waals surface area contributed by atoms with E-state index in [1.165, 1.54) is 0 Å². The predicted molar refractivity (Wildman–Crippen MR) is 74.1 cm³/mol. The molecule has 2 aromatic rings. The first-order chi connectivity index (χ1) is 9.33. The number of imidazole rings is 1. The van der Waals surface area contributed by atoms with Gasteiger partial charge in [-0.05, 0) is 50.6 Å². The molecule has 1 amide bonds. The van der Waals surface area contributed by atoms with Crippen molar-refractivity contribution in [1.29, 1.82) is 0 Å². The lowest BCUT2D eigenvalue weighted by atomic mass is 10.1. The highest BCUT2D eigenvalue weighted by Crippen LogP contribution is 2.12. The smallest absolute Gasteiger partial charge is 0.251 e. The van der Waals surface area contributed by atoms with Crippen LogP contribution in [0, 0.1) is 0 Å². The SMILES string of the molecule is O=C(NC1CCCNCC1)c1ccc2nc[nH]c2c1. The van der Waals surface area contributed by atoms with Crippen LogP contribution in [0.15, 0.2) is 24.5 Å². The fourth-order valence-electron chi connectivity index (χ4n) is 2.51. The fraction of sp³-hybridized carbons (Fsp3) is 0.429. The third-order valence-electron chi connectivity index (χ3n) is 3.59. The summed E-state index contributed by atoms with van der Waals surface area (Å²) < 4.78 is 0. The Kier molecular flexibility index (Phi) is 3.46. The van der Waals surface area contributed by atoms with Crippen molar-refractivity contribution in [1.82, 2.24) is 20.6 Å². The van der Waals surface area contributed by atoms with Gasteiger partial charge in [-0.3, -0.25) is 4.79 Å². The molecule has 1 unspecified atom stereocenters. The molecule has 0 bridgehead atoms. The second-order valence-corrected chi connectivity index (χ2v) is 4.99. The zero-order chi connectivity index (χ0) is 13.1. The van der Waals surface area contributed by atoms with Crippen molar-refractivity contribution in [3.63, 3.8) is 0 Å². The molecule has 1 saturated heterocycles. The van der Waals surface area contributed by atoms with Gasteiger partial charge in [0.1, 0.15) is 0 Å².